The molecule has 2 aromatic heterocycles. The lowest BCUT2D eigenvalue weighted by Gasteiger charge is -2.16. The number of pyridine rings is 1. The van der Waals surface area contributed by atoms with Gasteiger partial charge in [0.15, 0.2) is 0 Å². The maximum atomic E-state index is 6.27. The van der Waals surface area contributed by atoms with E-state index in [0.29, 0.717) is 11.7 Å². The minimum absolute atomic E-state index is 0.121. The molecular weight excluding hydrogens is 264 g/mol. The lowest BCUT2D eigenvalue weighted by Crippen LogP contribution is -2.27. The van der Waals surface area contributed by atoms with Gasteiger partial charge >= 0.3 is 0 Å². The number of rotatable bonds is 3. The predicted molar refractivity (Wildman–Crippen MR) is 80.7 cm³/mol. The van der Waals surface area contributed by atoms with Gasteiger partial charge < -0.3 is 10.3 Å². The highest BCUT2D eigenvalue weighted by atomic mass is 16.5. The first-order valence-electron chi connectivity index (χ1n) is 7.83. The Morgan fingerprint density at radius 1 is 1.29 bits per heavy atom. The van der Waals surface area contributed by atoms with E-state index < -0.39 is 0 Å². The largest absolute Gasteiger partial charge is 0.339 e. The number of nitrogens with two attached hydrogens (primary N) is 1. The van der Waals surface area contributed by atoms with E-state index in [-0.39, 0.29) is 12.0 Å². The highest BCUT2D eigenvalue weighted by Crippen LogP contribution is 2.31. The second kappa shape index (κ2) is 6.35. The van der Waals surface area contributed by atoms with Crippen molar-refractivity contribution in [3.63, 3.8) is 0 Å². The molecule has 2 unspecified atom stereocenters. The van der Waals surface area contributed by atoms with Crippen LogP contribution in [0.15, 0.2) is 22.9 Å². The van der Waals surface area contributed by atoms with Crippen molar-refractivity contribution < 1.29 is 4.52 Å². The SMILES string of the molecule is CCc1cccnc1-c1noc(C2CCCCCC2N)n1. The summed E-state index contributed by atoms with van der Waals surface area (Å²) in [7, 11) is 0. The molecule has 1 fully saturated rings. The molecule has 2 atom stereocenters. The van der Waals surface area contributed by atoms with Crippen LogP contribution in [-0.4, -0.2) is 21.2 Å². The Hall–Kier alpha value is -1.75. The fourth-order valence-corrected chi connectivity index (χ4v) is 3.05. The van der Waals surface area contributed by atoms with Crippen LogP contribution in [0.25, 0.3) is 11.5 Å². The maximum Gasteiger partial charge on any atom is 0.231 e. The van der Waals surface area contributed by atoms with Gasteiger partial charge in [0.05, 0.1) is 5.92 Å². The first-order valence-corrected chi connectivity index (χ1v) is 7.83. The Balaban J connectivity index is 1.89. The summed E-state index contributed by atoms with van der Waals surface area (Å²) in [4.78, 5) is 8.98. The summed E-state index contributed by atoms with van der Waals surface area (Å²) < 4.78 is 5.50. The van der Waals surface area contributed by atoms with Gasteiger partial charge in [0.1, 0.15) is 5.69 Å². The van der Waals surface area contributed by atoms with E-state index in [1.165, 1.54) is 19.3 Å². The molecule has 2 heterocycles. The van der Waals surface area contributed by atoms with Crippen molar-refractivity contribution in [3.8, 4) is 11.5 Å². The third-order valence-corrected chi connectivity index (χ3v) is 4.31. The van der Waals surface area contributed by atoms with Crippen LogP contribution < -0.4 is 5.73 Å². The average Bonchev–Trinajstić information content (AvgIpc) is 2.90. The van der Waals surface area contributed by atoms with Gasteiger partial charge in [-0.15, -0.1) is 0 Å². The van der Waals surface area contributed by atoms with Crippen LogP contribution in [0.3, 0.4) is 0 Å². The zero-order valence-electron chi connectivity index (χ0n) is 12.5. The van der Waals surface area contributed by atoms with Gasteiger partial charge in [-0.05, 0) is 30.9 Å². The van der Waals surface area contributed by atoms with Crippen molar-refractivity contribution >= 4 is 0 Å². The van der Waals surface area contributed by atoms with Gasteiger partial charge in [-0.25, -0.2) is 0 Å². The van der Waals surface area contributed by atoms with Crippen LogP contribution in [0.4, 0.5) is 0 Å². The van der Waals surface area contributed by atoms with E-state index in [1.54, 1.807) is 6.20 Å². The van der Waals surface area contributed by atoms with E-state index in [2.05, 4.69) is 28.1 Å². The summed E-state index contributed by atoms with van der Waals surface area (Å²) in [6, 6.07) is 4.11. The van der Waals surface area contributed by atoms with Crippen LogP contribution in [0, 0.1) is 0 Å². The quantitative estimate of drug-likeness (QED) is 0.877. The van der Waals surface area contributed by atoms with Gasteiger partial charge in [-0.2, -0.15) is 4.98 Å². The smallest absolute Gasteiger partial charge is 0.231 e. The molecule has 0 amide bonds. The molecule has 0 aliphatic heterocycles. The van der Waals surface area contributed by atoms with Crippen molar-refractivity contribution in [2.45, 2.75) is 57.4 Å². The van der Waals surface area contributed by atoms with E-state index in [9.17, 15) is 0 Å². The fraction of sp³-hybridized carbons (Fsp3) is 0.562. The minimum atomic E-state index is 0.121. The van der Waals surface area contributed by atoms with E-state index in [1.807, 2.05) is 6.07 Å². The Bertz CT molecular complexity index is 595. The zero-order valence-corrected chi connectivity index (χ0v) is 12.5. The number of aryl methyl sites for hydroxylation is 1. The van der Waals surface area contributed by atoms with Crippen LogP contribution in [-0.2, 0) is 6.42 Å². The molecule has 0 spiro atoms. The van der Waals surface area contributed by atoms with Gasteiger partial charge in [0, 0.05) is 12.2 Å². The van der Waals surface area contributed by atoms with Gasteiger partial charge in [-0.3, -0.25) is 4.98 Å². The fourth-order valence-electron chi connectivity index (χ4n) is 3.05. The topological polar surface area (TPSA) is 77.8 Å². The van der Waals surface area contributed by atoms with Gasteiger partial charge in [-0.1, -0.05) is 37.4 Å². The Morgan fingerprint density at radius 3 is 3.00 bits per heavy atom. The van der Waals surface area contributed by atoms with Crippen molar-refractivity contribution in [1.82, 2.24) is 15.1 Å². The van der Waals surface area contributed by atoms with Crippen molar-refractivity contribution in [2.24, 2.45) is 5.73 Å². The number of hydrogen-bond donors (Lipinski definition) is 1. The molecule has 1 aliphatic carbocycles. The first-order chi connectivity index (χ1) is 10.3. The summed E-state index contributed by atoms with van der Waals surface area (Å²) >= 11 is 0. The van der Waals surface area contributed by atoms with Gasteiger partial charge in [0.2, 0.25) is 11.7 Å². The Kier molecular flexibility index (Phi) is 4.29. The molecule has 112 valence electrons. The molecule has 1 aliphatic rings. The number of nitrogens with zero attached hydrogens (tertiary/aromatic N) is 3. The van der Waals surface area contributed by atoms with E-state index >= 15 is 0 Å². The molecular formula is C16H22N4O. The number of hydrogen-bond acceptors (Lipinski definition) is 5. The molecule has 5 nitrogen and oxygen atoms in total. The molecule has 5 heteroatoms. The highest BCUT2D eigenvalue weighted by molar-refractivity contribution is 5.53. The Labute approximate surface area is 125 Å². The average molecular weight is 286 g/mol. The molecule has 2 N–H and O–H groups in total. The third-order valence-electron chi connectivity index (χ3n) is 4.31. The monoisotopic (exact) mass is 286 g/mol. The Morgan fingerprint density at radius 2 is 2.14 bits per heavy atom. The molecule has 2 aromatic rings. The molecule has 0 bridgehead atoms. The maximum absolute atomic E-state index is 6.27. The molecule has 0 radical (unpaired) electrons. The minimum Gasteiger partial charge on any atom is -0.339 e. The molecule has 1 saturated carbocycles. The number of aromatic nitrogens is 3. The van der Waals surface area contributed by atoms with Crippen LogP contribution in [0.5, 0.6) is 0 Å². The third kappa shape index (κ3) is 2.97. The molecule has 3 rings (SSSR count). The standard InChI is InChI=1S/C16H22N4O/c1-2-11-7-6-10-18-14(11)15-19-16(21-20-15)12-8-4-3-5-9-13(12)17/h6-7,10,12-13H,2-5,8-9,17H2,1H3. The summed E-state index contributed by atoms with van der Waals surface area (Å²) in [5.74, 6) is 1.44. The van der Waals surface area contributed by atoms with Crippen LogP contribution in [0.2, 0.25) is 0 Å². The first kappa shape index (κ1) is 14.2. The molecule has 0 saturated heterocycles. The zero-order chi connectivity index (χ0) is 14.7. The second-order valence-corrected chi connectivity index (χ2v) is 5.73. The lowest BCUT2D eigenvalue weighted by atomic mass is 9.95. The van der Waals surface area contributed by atoms with Crippen molar-refractivity contribution in [3.05, 3.63) is 29.8 Å². The van der Waals surface area contributed by atoms with Crippen LogP contribution >= 0.6 is 0 Å². The molecule has 21 heavy (non-hydrogen) atoms. The highest BCUT2D eigenvalue weighted by Gasteiger charge is 2.27. The van der Waals surface area contributed by atoms with Crippen LogP contribution in [0.1, 0.15) is 56.4 Å². The summed E-state index contributed by atoms with van der Waals surface area (Å²) in [5, 5.41) is 4.13. The van der Waals surface area contributed by atoms with Gasteiger partial charge in [0.25, 0.3) is 0 Å². The van der Waals surface area contributed by atoms with Crippen molar-refractivity contribution in [2.75, 3.05) is 0 Å². The lowest BCUT2D eigenvalue weighted by molar-refractivity contribution is 0.326. The summed E-state index contributed by atoms with van der Waals surface area (Å²) in [6.07, 6.45) is 8.35. The van der Waals surface area contributed by atoms with E-state index in [4.69, 9.17) is 10.3 Å². The summed E-state index contributed by atoms with van der Waals surface area (Å²) in [5.41, 5.74) is 8.22. The summed E-state index contributed by atoms with van der Waals surface area (Å²) in [6.45, 7) is 2.10. The van der Waals surface area contributed by atoms with Crippen molar-refractivity contribution in [1.29, 1.82) is 0 Å². The predicted octanol–water partition coefficient (Wildman–Crippen LogP) is 3.07. The molecule has 0 aromatic carbocycles. The van der Waals surface area contributed by atoms with E-state index in [0.717, 1.165) is 30.5 Å². The second-order valence-electron chi connectivity index (χ2n) is 5.73. The normalized spacial score (nSPS) is 23.0.